The molecule has 1 aromatic carbocycles. The maximum Gasteiger partial charge on any atom is 0.512 e. The molecule has 0 bridgehead atoms. The molecule has 0 aliphatic rings. The van der Waals surface area contributed by atoms with Crippen molar-refractivity contribution in [1.82, 2.24) is 0 Å². The van der Waals surface area contributed by atoms with Crippen LogP contribution in [0.2, 0.25) is 0 Å². The Morgan fingerprint density at radius 3 is 2.28 bits per heavy atom. The predicted octanol–water partition coefficient (Wildman–Crippen LogP) is 1.91. The SMILES string of the molecule is CO/C([O-])=C(/[O+]=Cc1ccc(F)cc1)C(F)(F)F. The fourth-order valence-electron chi connectivity index (χ4n) is 0.992. The number of benzene rings is 1. The first-order valence-corrected chi connectivity index (χ1v) is 4.62. The van der Waals surface area contributed by atoms with Gasteiger partial charge in [-0.1, -0.05) is 0 Å². The summed E-state index contributed by atoms with van der Waals surface area (Å²) in [6.45, 7) is 0. The minimum absolute atomic E-state index is 0.169. The van der Waals surface area contributed by atoms with E-state index in [1.165, 1.54) is 12.1 Å². The summed E-state index contributed by atoms with van der Waals surface area (Å²) in [4.78, 5) is 0. The fourth-order valence-corrected chi connectivity index (χ4v) is 0.992. The lowest BCUT2D eigenvalue weighted by atomic mass is 10.2. The normalized spacial score (nSPS) is 13.6. The molecule has 0 aliphatic carbocycles. The van der Waals surface area contributed by atoms with E-state index in [0.717, 1.165) is 19.2 Å². The average Bonchev–Trinajstić information content (AvgIpc) is 2.29. The third-order valence-corrected chi connectivity index (χ3v) is 1.81. The zero-order valence-electron chi connectivity index (χ0n) is 9.12. The molecule has 0 saturated carbocycles. The van der Waals surface area contributed by atoms with Gasteiger partial charge in [-0.2, -0.15) is 13.2 Å². The summed E-state index contributed by atoms with van der Waals surface area (Å²) in [5.74, 6) is -3.98. The van der Waals surface area contributed by atoms with E-state index in [4.69, 9.17) is 0 Å². The van der Waals surface area contributed by atoms with E-state index in [1.807, 2.05) is 0 Å². The van der Waals surface area contributed by atoms with Gasteiger partial charge in [-0.05, 0) is 31.4 Å². The van der Waals surface area contributed by atoms with Crippen LogP contribution in [0.3, 0.4) is 0 Å². The van der Waals surface area contributed by atoms with Gasteiger partial charge in [0, 0.05) is 0 Å². The van der Waals surface area contributed by atoms with E-state index in [-0.39, 0.29) is 5.56 Å². The minimum Gasteiger partial charge on any atom is -0.610 e. The van der Waals surface area contributed by atoms with Crippen molar-refractivity contribution in [2.24, 2.45) is 0 Å². The molecule has 98 valence electrons. The lowest BCUT2D eigenvalue weighted by molar-refractivity contribution is -0.389. The highest BCUT2D eigenvalue weighted by molar-refractivity contribution is 5.75. The molecule has 0 spiro atoms. The Kier molecular flexibility index (Phi) is 4.30. The largest absolute Gasteiger partial charge is 0.610 e. The van der Waals surface area contributed by atoms with Crippen molar-refractivity contribution >= 4 is 6.29 Å². The van der Waals surface area contributed by atoms with Gasteiger partial charge < -0.3 is 9.84 Å². The van der Waals surface area contributed by atoms with E-state index in [1.54, 1.807) is 0 Å². The van der Waals surface area contributed by atoms with Gasteiger partial charge in [0.2, 0.25) is 0 Å². The van der Waals surface area contributed by atoms with Crippen molar-refractivity contribution in [2.45, 2.75) is 6.18 Å². The highest BCUT2D eigenvalue weighted by Crippen LogP contribution is 2.27. The Morgan fingerprint density at radius 1 is 1.28 bits per heavy atom. The van der Waals surface area contributed by atoms with Crippen molar-refractivity contribution in [1.29, 1.82) is 0 Å². The predicted molar refractivity (Wildman–Crippen MR) is 51.9 cm³/mol. The maximum atomic E-state index is 12.5. The molecule has 0 aromatic heterocycles. The third-order valence-electron chi connectivity index (χ3n) is 1.81. The van der Waals surface area contributed by atoms with Crippen molar-refractivity contribution in [3.63, 3.8) is 0 Å². The lowest BCUT2D eigenvalue weighted by Gasteiger charge is -2.07. The second kappa shape index (κ2) is 5.52. The number of methoxy groups -OCH3 is 1. The van der Waals surface area contributed by atoms with Crippen molar-refractivity contribution in [2.75, 3.05) is 7.11 Å². The summed E-state index contributed by atoms with van der Waals surface area (Å²) in [7, 11) is 0.801. The topological polar surface area (TPSA) is 43.6 Å². The molecule has 0 heterocycles. The molecule has 7 heteroatoms. The molecule has 1 rings (SSSR count). The number of rotatable bonds is 3. The summed E-state index contributed by atoms with van der Waals surface area (Å²) in [5.41, 5.74) is 0.169. The fraction of sp³-hybridized carbons (Fsp3) is 0.182. The molecule has 3 nitrogen and oxygen atoms in total. The van der Waals surface area contributed by atoms with E-state index in [0.29, 0.717) is 6.29 Å². The molecular weight excluding hydrogens is 256 g/mol. The Hall–Kier alpha value is -2.05. The van der Waals surface area contributed by atoms with Crippen molar-refractivity contribution in [3.05, 3.63) is 47.4 Å². The molecule has 0 amide bonds. The number of hydrogen-bond donors (Lipinski definition) is 0. The summed E-state index contributed by atoms with van der Waals surface area (Å²) in [6.07, 6.45) is -4.29. The van der Waals surface area contributed by atoms with E-state index in [9.17, 15) is 22.7 Å². The molecule has 18 heavy (non-hydrogen) atoms. The number of hydrogen-bond acceptors (Lipinski definition) is 2. The van der Waals surface area contributed by atoms with Crippen LogP contribution in [-0.4, -0.2) is 19.6 Å². The number of ether oxygens (including phenoxy) is 1. The minimum atomic E-state index is -4.97. The third kappa shape index (κ3) is 3.76. The van der Waals surface area contributed by atoms with Crippen LogP contribution in [0.15, 0.2) is 36.0 Å². The van der Waals surface area contributed by atoms with Crippen LogP contribution in [0.5, 0.6) is 0 Å². The molecule has 0 aliphatic heterocycles. The first kappa shape index (κ1) is 14.0. The average molecular weight is 264 g/mol. The number of allylic oxidation sites excluding steroid dienone is 1. The monoisotopic (exact) mass is 264 g/mol. The van der Waals surface area contributed by atoms with Gasteiger partial charge in [0.25, 0.3) is 0 Å². The van der Waals surface area contributed by atoms with Crippen LogP contribution < -0.4 is 5.11 Å². The number of aldehydes is 1. The quantitative estimate of drug-likeness (QED) is 0.362. The zero-order chi connectivity index (χ0) is 13.8. The lowest BCUT2D eigenvalue weighted by Crippen LogP contribution is -2.20. The summed E-state index contributed by atoms with van der Waals surface area (Å²) < 4.78 is 57.9. The molecule has 0 radical (unpaired) electrons. The zero-order valence-corrected chi connectivity index (χ0v) is 9.12. The van der Waals surface area contributed by atoms with E-state index >= 15 is 0 Å². The Balaban J connectivity index is 3.02. The standard InChI is InChI=1S/C11H8F4O3/c1-17-10(16)9(11(13,14)15)18-6-7-2-4-8(12)5-3-7/h2-6H,1H3/b10-9+. The Morgan fingerprint density at radius 2 is 1.83 bits per heavy atom. The van der Waals surface area contributed by atoms with Crippen molar-refractivity contribution < 1.29 is 31.8 Å². The van der Waals surface area contributed by atoms with Crippen LogP contribution in [-0.2, 0) is 4.74 Å². The van der Waals surface area contributed by atoms with Crippen molar-refractivity contribution in [3.8, 4) is 0 Å². The second-order valence-corrected chi connectivity index (χ2v) is 3.11. The van der Waals surface area contributed by atoms with Gasteiger partial charge in [0.1, 0.15) is 5.82 Å². The van der Waals surface area contributed by atoms with Gasteiger partial charge in [0.05, 0.1) is 5.56 Å². The molecule has 0 saturated heterocycles. The molecule has 0 atom stereocenters. The summed E-state index contributed by atoms with van der Waals surface area (Å²) in [6, 6.07) is 4.47. The molecule has 0 fully saturated rings. The van der Waals surface area contributed by atoms with Gasteiger partial charge >= 0.3 is 18.2 Å². The summed E-state index contributed by atoms with van der Waals surface area (Å²) in [5, 5.41) is 10.8. The molecule has 0 unspecified atom stereocenters. The smallest absolute Gasteiger partial charge is 0.512 e. The van der Waals surface area contributed by atoms with Crippen LogP contribution in [0.4, 0.5) is 17.6 Å². The van der Waals surface area contributed by atoms with Gasteiger partial charge in [-0.25, -0.2) is 8.82 Å². The van der Waals surface area contributed by atoms with Crippen LogP contribution in [0, 0.1) is 5.82 Å². The second-order valence-electron chi connectivity index (χ2n) is 3.11. The number of halogens is 4. The van der Waals surface area contributed by atoms with Crippen LogP contribution >= 0.6 is 0 Å². The Bertz CT molecular complexity index is 460. The van der Waals surface area contributed by atoms with E-state index in [2.05, 4.69) is 9.16 Å². The molecule has 1 aromatic rings. The highest BCUT2D eigenvalue weighted by Gasteiger charge is 2.46. The highest BCUT2D eigenvalue weighted by atomic mass is 19.4. The first-order valence-electron chi connectivity index (χ1n) is 4.62. The van der Waals surface area contributed by atoms with Gasteiger partial charge in [-0.15, -0.1) is 0 Å². The number of alkyl halides is 3. The van der Waals surface area contributed by atoms with Gasteiger partial charge in [0.15, 0.2) is 5.95 Å². The van der Waals surface area contributed by atoms with Crippen LogP contribution in [0.25, 0.3) is 0 Å². The maximum absolute atomic E-state index is 12.5. The molecule has 0 N–H and O–H groups in total. The molecular formula is C11H8F4O3. The summed E-state index contributed by atoms with van der Waals surface area (Å²) >= 11 is 0. The Labute approximate surface area is 99.6 Å². The van der Waals surface area contributed by atoms with E-state index < -0.39 is 23.7 Å². The van der Waals surface area contributed by atoms with Gasteiger partial charge in [-0.3, -0.25) is 0 Å². The first-order chi connectivity index (χ1) is 8.34. The van der Waals surface area contributed by atoms with Crippen LogP contribution in [0.1, 0.15) is 9.99 Å². The number of carbonyl (C=O) groups excluding carboxylic acids is 1.